The molecule has 0 aromatic heterocycles. The summed E-state index contributed by atoms with van der Waals surface area (Å²) in [7, 11) is 0. The minimum atomic E-state index is -1.19. The molecular weight excluding hydrogens is 504 g/mol. The van der Waals surface area contributed by atoms with Gasteiger partial charge < -0.3 is 30.7 Å². The number of nitrogens with one attached hydrogen (secondary N) is 2. The maximum absolute atomic E-state index is 14.1. The molecule has 11 heteroatoms. The maximum atomic E-state index is 14.1. The number of aryl methyl sites for hydroxylation is 2. The largest absolute Gasteiger partial charge is 0.466 e. The highest BCUT2D eigenvalue weighted by Crippen LogP contribution is 2.30. The van der Waals surface area contributed by atoms with Crippen LogP contribution in [0.25, 0.3) is 0 Å². The first-order valence-electron chi connectivity index (χ1n) is 13.2. The lowest BCUT2D eigenvalue weighted by molar-refractivity contribution is -0.146. The molecule has 4 amide bonds. The molecule has 2 atom stereocenters. The van der Waals surface area contributed by atoms with Crippen LogP contribution >= 0.6 is 0 Å². The molecular formula is C28H44N4O7. The standard InChI is InChI=1S/C28H44N4O7/c1-9-38-22(34)15-16-30-25(35)24(23-18(4)11-10-12-19(23)5)32(17(2)3)26(36)20(13-14-21(29)33)31-27(37)39-28(6,7)8/h10-12,17,20,24H,9,13-16H2,1-8H3,(H2,29,33)(H,30,35)(H,31,37). The van der Waals surface area contributed by atoms with Crippen LogP contribution in [-0.2, 0) is 28.7 Å². The van der Waals surface area contributed by atoms with Crippen LogP contribution in [0.3, 0.4) is 0 Å². The molecule has 11 nitrogen and oxygen atoms in total. The average Bonchev–Trinajstić information content (AvgIpc) is 2.79. The Bertz CT molecular complexity index is 1010. The van der Waals surface area contributed by atoms with E-state index in [4.69, 9.17) is 15.2 Å². The number of ether oxygens (including phenoxy) is 2. The van der Waals surface area contributed by atoms with Crippen LogP contribution in [0.2, 0.25) is 0 Å². The highest BCUT2D eigenvalue weighted by molar-refractivity contribution is 5.93. The number of rotatable bonds is 13. The van der Waals surface area contributed by atoms with Gasteiger partial charge in [0.15, 0.2) is 0 Å². The lowest BCUT2D eigenvalue weighted by Crippen LogP contribution is -2.55. The summed E-state index contributed by atoms with van der Waals surface area (Å²) in [5.74, 6) is -2.17. The molecule has 0 bridgehead atoms. The topological polar surface area (TPSA) is 157 Å². The summed E-state index contributed by atoms with van der Waals surface area (Å²) in [5, 5.41) is 5.31. The molecule has 1 aromatic rings. The van der Waals surface area contributed by atoms with Gasteiger partial charge in [0.1, 0.15) is 17.7 Å². The Kier molecular flexibility index (Phi) is 12.9. The number of primary amides is 1. The fourth-order valence-corrected chi connectivity index (χ4v) is 4.13. The third kappa shape index (κ3) is 10.9. The Balaban J connectivity index is 3.50. The molecule has 0 aliphatic heterocycles. The van der Waals surface area contributed by atoms with Crippen molar-refractivity contribution in [3.8, 4) is 0 Å². The van der Waals surface area contributed by atoms with Crippen LogP contribution in [-0.4, -0.2) is 65.5 Å². The molecule has 0 fully saturated rings. The number of hydrogen-bond acceptors (Lipinski definition) is 7. The Morgan fingerprint density at radius 3 is 2.10 bits per heavy atom. The molecule has 0 saturated carbocycles. The predicted octanol–water partition coefficient (Wildman–Crippen LogP) is 2.81. The molecule has 0 heterocycles. The van der Waals surface area contributed by atoms with Crippen molar-refractivity contribution >= 4 is 29.8 Å². The van der Waals surface area contributed by atoms with Gasteiger partial charge in [0.05, 0.1) is 13.0 Å². The number of hydrogen-bond donors (Lipinski definition) is 3. The van der Waals surface area contributed by atoms with E-state index in [0.29, 0.717) is 5.56 Å². The Labute approximate surface area is 231 Å². The van der Waals surface area contributed by atoms with Gasteiger partial charge in [0, 0.05) is 19.0 Å². The van der Waals surface area contributed by atoms with E-state index in [-0.39, 0.29) is 32.4 Å². The minimum absolute atomic E-state index is 0.0144. The van der Waals surface area contributed by atoms with E-state index in [1.54, 1.807) is 41.5 Å². The van der Waals surface area contributed by atoms with Gasteiger partial charge in [-0.1, -0.05) is 18.2 Å². The van der Waals surface area contributed by atoms with Gasteiger partial charge in [-0.3, -0.25) is 19.2 Å². The predicted molar refractivity (Wildman–Crippen MR) is 146 cm³/mol. The second-order valence-corrected chi connectivity index (χ2v) is 10.6. The summed E-state index contributed by atoms with van der Waals surface area (Å²) < 4.78 is 10.3. The first kappa shape index (κ1) is 33.4. The van der Waals surface area contributed by atoms with Crippen LogP contribution in [0.4, 0.5) is 4.79 Å². The SMILES string of the molecule is CCOC(=O)CCNC(=O)C(c1c(C)cccc1C)N(C(=O)C(CCC(N)=O)NC(=O)OC(C)(C)C)C(C)C. The molecule has 1 rings (SSSR count). The van der Waals surface area contributed by atoms with E-state index in [1.165, 1.54) is 4.90 Å². The van der Waals surface area contributed by atoms with Crippen molar-refractivity contribution in [2.45, 2.75) is 98.4 Å². The van der Waals surface area contributed by atoms with Crippen molar-refractivity contribution in [2.24, 2.45) is 5.73 Å². The van der Waals surface area contributed by atoms with Gasteiger partial charge in [-0.05, 0) is 78.5 Å². The van der Waals surface area contributed by atoms with E-state index in [1.807, 2.05) is 32.0 Å². The van der Waals surface area contributed by atoms with E-state index in [0.717, 1.165) is 11.1 Å². The van der Waals surface area contributed by atoms with Gasteiger partial charge >= 0.3 is 12.1 Å². The number of benzene rings is 1. The number of carbonyl (C=O) groups excluding carboxylic acids is 5. The van der Waals surface area contributed by atoms with Crippen LogP contribution < -0.4 is 16.4 Å². The molecule has 0 aliphatic rings. The molecule has 39 heavy (non-hydrogen) atoms. The van der Waals surface area contributed by atoms with Crippen LogP contribution in [0.1, 0.15) is 83.5 Å². The number of nitrogens with two attached hydrogens (primary N) is 1. The average molecular weight is 549 g/mol. The van der Waals surface area contributed by atoms with Gasteiger partial charge in [-0.2, -0.15) is 0 Å². The number of alkyl carbamates (subject to hydrolysis) is 1. The van der Waals surface area contributed by atoms with E-state index in [9.17, 15) is 24.0 Å². The second-order valence-electron chi connectivity index (χ2n) is 10.6. The summed E-state index contributed by atoms with van der Waals surface area (Å²) in [5.41, 5.74) is 6.71. The minimum Gasteiger partial charge on any atom is -0.466 e. The molecule has 0 saturated heterocycles. The summed E-state index contributed by atoms with van der Waals surface area (Å²) >= 11 is 0. The molecule has 0 radical (unpaired) electrons. The number of carbonyl (C=O) groups is 5. The quantitative estimate of drug-likeness (QED) is 0.320. The summed E-state index contributed by atoms with van der Waals surface area (Å²) in [6.45, 7) is 14.2. The van der Waals surface area contributed by atoms with E-state index < -0.39 is 53.5 Å². The summed E-state index contributed by atoms with van der Waals surface area (Å²) in [4.78, 5) is 65.1. The number of nitrogens with zero attached hydrogens (tertiary/aromatic N) is 1. The lowest BCUT2D eigenvalue weighted by Gasteiger charge is -2.38. The van der Waals surface area contributed by atoms with Crippen LogP contribution in [0.5, 0.6) is 0 Å². The van der Waals surface area contributed by atoms with Crippen molar-refractivity contribution in [2.75, 3.05) is 13.2 Å². The fourth-order valence-electron chi connectivity index (χ4n) is 4.13. The Morgan fingerprint density at radius 1 is 1.03 bits per heavy atom. The van der Waals surface area contributed by atoms with E-state index in [2.05, 4.69) is 10.6 Å². The first-order chi connectivity index (χ1) is 18.1. The molecule has 218 valence electrons. The van der Waals surface area contributed by atoms with Gasteiger partial charge in [0.2, 0.25) is 17.7 Å². The van der Waals surface area contributed by atoms with Crippen molar-refractivity contribution < 1.29 is 33.4 Å². The first-order valence-corrected chi connectivity index (χ1v) is 13.2. The lowest BCUT2D eigenvalue weighted by atomic mass is 9.92. The van der Waals surface area contributed by atoms with E-state index >= 15 is 0 Å². The van der Waals surface area contributed by atoms with Gasteiger partial charge in [-0.15, -0.1) is 0 Å². The zero-order chi connectivity index (χ0) is 29.9. The van der Waals surface area contributed by atoms with Gasteiger partial charge in [0.25, 0.3) is 0 Å². The van der Waals surface area contributed by atoms with Crippen molar-refractivity contribution in [3.05, 3.63) is 34.9 Å². The molecule has 1 aromatic carbocycles. The van der Waals surface area contributed by atoms with Crippen molar-refractivity contribution in [1.29, 1.82) is 0 Å². The molecule has 2 unspecified atom stereocenters. The number of amides is 4. The highest BCUT2D eigenvalue weighted by Gasteiger charge is 2.39. The fraction of sp³-hybridized carbons (Fsp3) is 0.607. The third-order valence-electron chi connectivity index (χ3n) is 5.76. The number of esters is 1. The zero-order valence-electron chi connectivity index (χ0n) is 24.4. The summed E-state index contributed by atoms with van der Waals surface area (Å²) in [6, 6.07) is 2.77. The molecule has 0 aliphatic carbocycles. The van der Waals surface area contributed by atoms with Crippen LogP contribution in [0, 0.1) is 13.8 Å². The van der Waals surface area contributed by atoms with Crippen LogP contribution in [0.15, 0.2) is 18.2 Å². The normalized spacial score (nSPS) is 12.7. The smallest absolute Gasteiger partial charge is 0.408 e. The zero-order valence-corrected chi connectivity index (χ0v) is 24.4. The monoisotopic (exact) mass is 548 g/mol. The third-order valence-corrected chi connectivity index (χ3v) is 5.76. The maximum Gasteiger partial charge on any atom is 0.408 e. The Hall–Kier alpha value is -3.63. The van der Waals surface area contributed by atoms with Crippen molar-refractivity contribution in [1.82, 2.24) is 15.5 Å². The second kappa shape index (κ2) is 15.1. The molecule has 4 N–H and O–H groups in total. The highest BCUT2D eigenvalue weighted by atomic mass is 16.6. The molecule has 0 spiro atoms. The Morgan fingerprint density at radius 2 is 1.62 bits per heavy atom. The summed E-state index contributed by atoms with van der Waals surface area (Å²) in [6.07, 6.45) is -1.12. The van der Waals surface area contributed by atoms with Gasteiger partial charge in [-0.25, -0.2) is 4.79 Å². The van der Waals surface area contributed by atoms with Crippen molar-refractivity contribution in [3.63, 3.8) is 0 Å².